The Kier molecular flexibility index (Phi) is 5.50. The smallest absolute Gasteiger partial charge is 0.254 e. The lowest BCUT2D eigenvalue weighted by Gasteiger charge is -2.25. The maximum absolute atomic E-state index is 13.5. The van der Waals surface area contributed by atoms with Gasteiger partial charge in [-0.3, -0.25) is 9.78 Å². The third-order valence-electron chi connectivity index (χ3n) is 5.70. The Morgan fingerprint density at radius 1 is 1.03 bits per heavy atom. The molecule has 0 N–H and O–H groups in total. The van der Waals surface area contributed by atoms with Crippen LogP contribution in [0.3, 0.4) is 0 Å². The fraction of sp³-hybridized carbons (Fsp3) is 0.192. The van der Waals surface area contributed by atoms with Crippen molar-refractivity contribution in [2.24, 2.45) is 0 Å². The van der Waals surface area contributed by atoms with E-state index in [1.807, 2.05) is 36.5 Å². The fourth-order valence-electron chi connectivity index (χ4n) is 3.99. The highest BCUT2D eigenvalue weighted by atomic mass is 19.1. The van der Waals surface area contributed by atoms with E-state index in [1.54, 1.807) is 29.3 Å². The summed E-state index contributed by atoms with van der Waals surface area (Å²) >= 11 is 0. The first-order valence-electron chi connectivity index (χ1n) is 10.7. The first kappa shape index (κ1) is 20.1. The maximum atomic E-state index is 13.5. The number of pyridine rings is 1. The van der Waals surface area contributed by atoms with Gasteiger partial charge in [-0.25, -0.2) is 9.37 Å². The number of aryl methyl sites for hydroxylation is 2. The SMILES string of the molecule is O=C(c1ccc(-c2cccc(F)c2)cc1)N1CCc2oc(CCc3cccnc3)nc2C1. The molecule has 1 aliphatic heterocycles. The summed E-state index contributed by atoms with van der Waals surface area (Å²) in [6, 6.07) is 17.7. The zero-order valence-electron chi connectivity index (χ0n) is 17.5. The normalized spacial score (nSPS) is 13.1. The van der Waals surface area contributed by atoms with Gasteiger partial charge in [0.25, 0.3) is 5.91 Å². The molecule has 2 aromatic carbocycles. The van der Waals surface area contributed by atoms with Crippen LogP contribution in [0.1, 0.15) is 33.3 Å². The molecule has 0 saturated carbocycles. The molecule has 0 saturated heterocycles. The molecule has 0 aliphatic carbocycles. The van der Waals surface area contributed by atoms with Crippen molar-refractivity contribution in [3.8, 4) is 11.1 Å². The Morgan fingerprint density at radius 3 is 2.69 bits per heavy atom. The molecule has 0 atom stereocenters. The maximum Gasteiger partial charge on any atom is 0.254 e. The number of oxazole rings is 1. The summed E-state index contributed by atoms with van der Waals surface area (Å²) < 4.78 is 19.4. The number of hydrogen-bond donors (Lipinski definition) is 0. The lowest BCUT2D eigenvalue weighted by Crippen LogP contribution is -2.35. The van der Waals surface area contributed by atoms with Gasteiger partial charge in [-0.1, -0.05) is 30.3 Å². The number of carbonyl (C=O) groups excluding carboxylic acids is 1. The molecule has 1 amide bonds. The molecule has 3 heterocycles. The van der Waals surface area contributed by atoms with E-state index in [1.165, 1.54) is 12.1 Å². The van der Waals surface area contributed by atoms with E-state index in [2.05, 4.69) is 9.97 Å². The van der Waals surface area contributed by atoms with Gasteiger partial charge in [-0.2, -0.15) is 0 Å². The van der Waals surface area contributed by atoms with Crippen molar-refractivity contribution in [1.82, 2.24) is 14.9 Å². The van der Waals surface area contributed by atoms with Gasteiger partial charge >= 0.3 is 0 Å². The second kappa shape index (κ2) is 8.75. The average Bonchev–Trinajstić information content (AvgIpc) is 3.25. The molecule has 0 bridgehead atoms. The first-order chi connectivity index (χ1) is 15.7. The molecular weight excluding hydrogens is 405 g/mol. The predicted octanol–water partition coefficient (Wildman–Crippen LogP) is 4.86. The van der Waals surface area contributed by atoms with Gasteiger partial charge in [0.2, 0.25) is 0 Å². The molecule has 0 unspecified atom stereocenters. The van der Waals surface area contributed by atoms with Gasteiger partial charge < -0.3 is 9.32 Å². The second-order valence-electron chi connectivity index (χ2n) is 7.90. The molecule has 1 aliphatic rings. The number of benzene rings is 2. The zero-order valence-corrected chi connectivity index (χ0v) is 17.5. The summed E-state index contributed by atoms with van der Waals surface area (Å²) in [6.45, 7) is 1.03. The highest BCUT2D eigenvalue weighted by Gasteiger charge is 2.26. The van der Waals surface area contributed by atoms with Crippen molar-refractivity contribution < 1.29 is 13.6 Å². The minimum Gasteiger partial charge on any atom is -0.445 e. The van der Waals surface area contributed by atoms with Gasteiger partial charge in [0.15, 0.2) is 5.89 Å². The van der Waals surface area contributed by atoms with Crippen molar-refractivity contribution in [3.63, 3.8) is 0 Å². The Balaban J connectivity index is 1.25. The molecule has 160 valence electrons. The molecule has 6 heteroatoms. The lowest BCUT2D eigenvalue weighted by atomic mass is 10.0. The number of halogens is 1. The van der Waals surface area contributed by atoms with Crippen LogP contribution in [0.25, 0.3) is 11.1 Å². The Morgan fingerprint density at radius 2 is 1.91 bits per heavy atom. The minimum atomic E-state index is -0.279. The van der Waals surface area contributed by atoms with Crippen LogP contribution in [0.15, 0.2) is 77.5 Å². The van der Waals surface area contributed by atoms with E-state index in [9.17, 15) is 9.18 Å². The number of amides is 1. The molecule has 0 fully saturated rings. The lowest BCUT2D eigenvalue weighted by molar-refractivity contribution is 0.0728. The summed E-state index contributed by atoms with van der Waals surface area (Å²) in [6.07, 6.45) is 5.78. The second-order valence-corrected chi connectivity index (χ2v) is 7.90. The van der Waals surface area contributed by atoms with Crippen LogP contribution in [0, 0.1) is 5.82 Å². The van der Waals surface area contributed by atoms with Crippen LogP contribution in [-0.4, -0.2) is 27.3 Å². The van der Waals surface area contributed by atoms with Crippen molar-refractivity contribution >= 4 is 5.91 Å². The fourth-order valence-corrected chi connectivity index (χ4v) is 3.99. The summed E-state index contributed by atoms with van der Waals surface area (Å²) in [5.41, 5.74) is 4.24. The molecule has 5 rings (SSSR count). The number of carbonyl (C=O) groups is 1. The first-order valence-corrected chi connectivity index (χ1v) is 10.7. The molecule has 0 spiro atoms. The zero-order chi connectivity index (χ0) is 21.9. The van der Waals surface area contributed by atoms with Gasteiger partial charge in [0.05, 0.1) is 6.54 Å². The highest BCUT2D eigenvalue weighted by molar-refractivity contribution is 5.94. The van der Waals surface area contributed by atoms with Crippen LogP contribution < -0.4 is 0 Å². The summed E-state index contributed by atoms with van der Waals surface area (Å²) in [7, 11) is 0. The number of hydrogen-bond acceptors (Lipinski definition) is 4. The van der Waals surface area contributed by atoms with Crippen LogP contribution in [0.4, 0.5) is 4.39 Å². The Labute approximate surface area is 185 Å². The van der Waals surface area contributed by atoms with E-state index in [0.717, 1.165) is 34.6 Å². The molecule has 4 aromatic rings. The van der Waals surface area contributed by atoms with Gasteiger partial charge in [-0.05, 0) is 53.4 Å². The predicted molar refractivity (Wildman–Crippen MR) is 118 cm³/mol. The third-order valence-corrected chi connectivity index (χ3v) is 5.70. The molecular formula is C26H22FN3O2. The minimum absolute atomic E-state index is 0.0404. The van der Waals surface area contributed by atoms with Crippen molar-refractivity contribution in [2.75, 3.05) is 6.54 Å². The number of aromatic nitrogens is 2. The van der Waals surface area contributed by atoms with Crippen LogP contribution >= 0.6 is 0 Å². The van der Waals surface area contributed by atoms with E-state index in [-0.39, 0.29) is 11.7 Å². The quantitative estimate of drug-likeness (QED) is 0.456. The Bertz CT molecular complexity index is 1240. The standard InChI is InChI=1S/C26H22FN3O2/c27-22-5-1-4-21(15-22)19-7-9-20(10-8-19)26(31)30-14-12-24-23(17-30)29-25(32-24)11-6-18-3-2-13-28-16-18/h1-5,7-10,13,15-16H,6,11-12,14,17H2. The molecule has 0 radical (unpaired) electrons. The van der Waals surface area contributed by atoms with Crippen LogP contribution in [0.2, 0.25) is 0 Å². The number of rotatable bonds is 5. The monoisotopic (exact) mass is 427 g/mol. The van der Waals surface area contributed by atoms with Gasteiger partial charge in [0, 0.05) is 37.3 Å². The van der Waals surface area contributed by atoms with Gasteiger partial charge in [0.1, 0.15) is 17.3 Å². The van der Waals surface area contributed by atoms with Gasteiger partial charge in [-0.15, -0.1) is 0 Å². The van der Waals surface area contributed by atoms with Crippen molar-refractivity contribution in [3.05, 3.63) is 107 Å². The summed E-state index contributed by atoms with van der Waals surface area (Å²) in [5, 5.41) is 0. The molecule has 2 aromatic heterocycles. The van der Waals surface area contributed by atoms with E-state index in [0.29, 0.717) is 37.4 Å². The summed E-state index contributed by atoms with van der Waals surface area (Å²) in [5.74, 6) is 1.25. The average molecular weight is 427 g/mol. The Hall–Kier alpha value is -3.80. The summed E-state index contributed by atoms with van der Waals surface area (Å²) in [4.78, 5) is 23.6. The highest BCUT2D eigenvalue weighted by Crippen LogP contribution is 2.24. The van der Waals surface area contributed by atoms with E-state index < -0.39 is 0 Å². The number of fused-ring (bicyclic) bond motifs is 1. The van der Waals surface area contributed by atoms with Crippen molar-refractivity contribution in [1.29, 1.82) is 0 Å². The third kappa shape index (κ3) is 4.30. The molecule has 5 nitrogen and oxygen atoms in total. The van der Waals surface area contributed by atoms with E-state index >= 15 is 0 Å². The van der Waals surface area contributed by atoms with Crippen molar-refractivity contribution in [2.45, 2.75) is 25.8 Å². The topological polar surface area (TPSA) is 59.2 Å². The van der Waals surface area contributed by atoms with E-state index in [4.69, 9.17) is 4.42 Å². The number of nitrogens with zero attached hydrogens (tertiary/aromatic N) is 3. The molecule has 32 heavy (non-hydrogen) atoms. The van der Waals surface area contributed by atoms with Crippen LogP contribution in [0.5, 0.6) is 0 Å². The van der Waals surface area contributed by atoms with Crippen LogP contribution in [-0.2, 0) is 25.8 Å². The largest absolute Gasteiger partial charge is 0.445 e.